The first-order chi connectivity index (χ1) is 20.0. The summed E-state index contributed by atoms with van der Waals surface area (Å²) in [6.45, 7) is 1.52. The van der Waals surface area contributed by atoms with Crippen molar-refractivity contribution in [2.24, 2.45) is 12.5 Å². The van der Waals surface area contributed by atoms with Gasteiger partial charge in [-0.15, -0.1) is 0 Å². The number of aryl methyl sites for hydroxylation is 1. The van der Waals surface area contributed by atoms with Crippen molar-refractivity contribution in [3.05, 3.63) is 48.2 Å². The molecule has 1 aromatic heterocycles. The van der Waals surface area contributed by atoms with Gasteiger partial charge in [-0.05, 0) is 67.5 Å². The average molecular weight is 602 g/mol. The number of anilines is 4. The van der Waals surface area contributed by atoms with Gasteiger partial charge in [0.05, 0.1) is 40.6 Å². The van der Waals surface area contributed by atoms with Crippen LogP contribution in [0.15, 0.2) is 42.6 Å². The van der Waals surface area contributed by atoms with Crippen molar-refractivity contribution < 1.29 is 27.1 Å². The Bertz CT molecular complexity index is 1600. The van der Waals surface area contributed by atoms with Crippen LogP contribution in [0.5, 0.6) is 0 Å². The van der Waals surface area contributed by atoms with Crippen LogP contribution in [-0.2, 0) is 17.1 Å². The van der Waals surface area contributed by atoms with E-state index in [0.717, 1.165) is 48.2 Å². The number of nitrogens with one attached hydrogen (secondary N) is 2. The molecular formula is C30H37F2N5O4S. The van der Waals surface area contributed by atoms with Crippen LogP contribution >= 0.6 is 0 Å². The second-order valence-electron chi connectivity index (χ2n) is 12.0. The highest BCUT2D eigenvalue weighted by Crippen LogP contribution is 2.54. The molecule has 3 aromatic rings. The highest BCUT2D eigenvalue weighted by atomic mass is 32.2. The van der Waals surface area contributed by atoms with E-state index in [-0.39, 0.29) is 31.8 Å². The molecule has 0 bridgehead atoms. The van der Waals surface area contributed by atoms with Crippen LogP contribution in [0.3, 0.4) is 0 Å². The van der Waals surface area contributed by atoms with Crippen molar-refractivity contribution in [1.82, 2.24) is 4.57 Å². The molecule has 226 valence electrons. The quantitative estimate of drug-likeness (QED) is 0.343. The number of fused-ring (bicyclic) bond motifs is 1. The largest absolute Gasteiger partial charge is 0.395 e. The lowest BCUT2D eigenvalue weighted by molar-refractivity contribution is -0.0220. The smallest absolute Gasteiger partial charge is 0.255 e. The zero-order valence-electron chi connectivity index (χ0n) is 23.7. The van der Waals surface area contributed by atoms with Crippen molar-refractivity contribution in [1.29, 1.82) is 0 Å². The summed E-state index contributed by atoms with van der Waals surface area (Å²) in [6.07, 6.45) is 6.00. The molecule has 3 aliphatic rings. The third-order valence-corrected chi connectivity index (χ3v) is 10.3. The van der Waals surface area contributed by atoms with E-state index in [1.54, 1.807) is 24.3 Å². The molecule has 6 rings (SSSR count). The Morgan fingerprint density at radius 2 is 1.60 bits per heavy atom. The minimum absolute atomic E-state index is 0.201. The van der Waals surface area contributed by atoms with E-state index < -0.39 is 28.3 Å². The van der Waals surface area contributed by atoms with Crippen LogP contribution < -0.4 is 19.8 Å². The fourth-order valence-corrected chi connectivity index (χ4v) is 7.10. The third-order valence-electron chi connectivity index (χ3n) is 9.05. The molecule has 0 unspecified atom stereocenters. The normalized spacial score (nSPS) is 19.7. The topological polar surface area (TPSA) is 107 Å². The highest BCUT2D eigenvalue weighted by Gasteiger charge is 2.44. The van der Waals surface area contributed by atoms with Crippen LogP contribution in [-0.4, -0.2) is 68.5 Å². The third kappa shape index (κ3) is 5.92. The molecule has 1 amide bonds. The fraction of sp³-hybridized carbons (Fsp3) is 0.500. The Morgan fingerprint density at radius 1 is 0.929 bits per heavy atom. The molecule has 0 atom stereocenters. The molecule has 2 saturated heterocycles. The van der Waals surface area contributed by atoms with Crippen molar-refractivity contribution in [2.75, 3.05) is 58.4 Å². The first-order valence-electron chi connectivity index (χ1n) is 14.5. The number of amides is 1. The maximum absolute atomic E-state index is 13.9. The number of nitrogens with zero attached hydrogens (tertiary/aromatic N) is 3. The number of carbonyl (C=O) groups is 1. The lowest BCUT2D eigenvalue weighted by atomic mass is 9.93. The van der Waals surface area contributed by atoms with Crippen molar-refractivity contribution in [3.8, 4) is 0 Å². The lowest BCUT2D eigenvalue weighted by Crippen LogP contribution is -2.39. The first kappa shape index (κ1) is 28.7. The van der Waals surface area contributed by atoms with E-state index in [2.05, 4.69) is 14.9 Å². The van der Waals surface area contributed by atoms with E-state index in [9.17, 15) is 22.0 Å². The van der Waals surface area contributed by atoms with E-state index in [1.807, 2.05) is 34.8 Å². The summed E-state index contributed by atoms with van der Waals surface area (Å²) in [5.74, 6) is -3.43. The molecule has 1 saturated carbocycles. The summed E-state index contributed by atoms with van der Waals surface area (Å²) in [6, 6.07) is 10.5. The highest BCUT2D eigenvalue weighted by molar-refractivity contribution is 7.92. The Balaban J connectivity index is 1.30. The van der Waals surface area contributed by atoms with E-state index in [4.69, 9.17) is 5.11 Å². The number of alkyl halides is 2. The number of rotatable bonds is 8. The van der Waals surface area contributed by atoms with Crippen LogP contribution in [0.4, 0.5) is 31.5 Å². The summed E-state index contributed by atoms with van der Waals surface area (Å²) in [5.41, 5.74) is 4.12. The Labute approximate surface area is 244 Å². The predicted molar refractivity (Wildman–Crippen MR) is 161 cm³/mol. The minimum atomic E-state index is -3.72. The Morgan fingerprint density at radius 3 is 2.26 bits per heavy atom. The number of halogens is 2. The summed E-state index contributed by atoms with van der Waals surface area (Å²) >= 11 is 0. The Hall–Kier alpha value is -3.38. The number of aliphatic hydroxyl groups excluding tert-OH is 1. The van der Waals surface area contributed by atoms with Crippen LogP contribution in [0.25, 0.3) is 10.9 Å². The number of piperidine rings is 2. The van der Waals surface area contributed by atoms with Gasteiger partial charge >= 0.3 is 0 Å². The molecule has 3 fully saturated rings. The number of hydrogen-bond donors (Lipinski definition) is 3. The molecule has 42 heavy (non-hydrogen) atoms. The summed E-state index contributed by atoms with van der Waals surface area (Å²) in [5, 5.41) is 13.0. The summed E-state index contributed by atoms with van der Waals surface area (Å²) in [7, 11) is -1.82. The molecule has 1 aliphatic carbocycles. The van der Waals surface area contributed by atoms with Crippen molar-refractivity contribution in [2.45, 2.75) is 44.4 Å². The number of aliphatic hydroxyl groups is 1. The molecular weight excluding hydrogens is 564 g/mol. The van der Waals surface area contributed by atoms with E-state index >= 15 is 0 Å². The van der Waals surface area contributed by atoms with Gasteiger partial charge in [0.15, 0.2) is 0 Å². The molecule has 1 spiro atoms. The minimum Gasteiger partial charge on any atom is -0.395 e. The molecule has 2 aliphatic heterocycles. The average Bonchev–Trinajstić information content (AvgIpc) is 3.59. The van der Waals surface area contributed by atoms with Gasteiger partial charge in [-0.3, -0.25) is 9.52 Å². The molecule has 2 aromatic carbocycles. The van der Waals surface area contributed by atoms with Gasteiger partial charge in [-0.2, -0.15) is 0 Å². The van der Waals surface area contributed by atoms with Crippen LogP contribution in [0.1, 0.15) is 48.9 Å². The van der Waals surface area contributed by atoms with Gasteiger partial charge in [-0.1, -0.05) is 0 Å². The SMILES string of the molecule is Cn1ccc2cc(C(=O)Nc3ccc(NS(=O)(=O)CCO)cc3N3CCC4(CC3)CC4)cc(N3CCC(F)(F)CC3)c21. The molecule has 3 heterocycles. The fourth-order valence-electron chi connectivity index (χ4n) is 6.27. The van der Waals surface area contributed by atoms with E-state index in [1.165, 1.54) is 12.8 Å². The molecule has 3 N–H and O–H groups in total. The van der Waals surface area contributed by atoms with E-state index in [0.29, 0.717) is 22.4 Å². The monoisotopic (exact) mass is 601 g/mol. The van der Waals surface area contributed by atoms with Crippen LogP contribution in [0.2, 0.25) is 0 Å². The lowest BCUT2D eigenvalue weighted by Gasteiger charge is -2.35. The number of aromatic nitrogens is 1. The summed E-state index contributed by atoms with van der Waals surface area (Å²) in [4.78, 5) is 17.8. The number of hydrogen-bond acceptors (Lipinski definition) is 6. The van der Waals surface area contributed by atoms with Crippen LogP contribution in [0, 0.1) is 5.41 Å². The molecule has 12 heteroatoms. The Kier molecular flexibility index (Phi) is 7.33. The zero-order valence-corrected chi connectivity index (χ0v) is 24.5. The second-order valence-corrected chi connectivity index (χ2v) is 13.9. The van der Waals surface area contributed by atoms with Gasteiger partial charge in [0.1, 0.15) is 0 Å². The van der Waals surface area contributed by atoms with Gasteiger partial charge in [0, 0.05) is 63.2 Å². The van der Waals surface area contributed by atoms with Gasteiger partial charge < -0.3 is 24.8 Å². The van der Waals surface area contributed by atoms with Gasteiger partial charge in [-0.25, -0.2) is 17.2 Å². The molecule has 9 nitrogen and oxygen atoms in total. The second kappa shape index (κ2) is 10.7. The maximum atomic E-state index is 13.9. The molecule has 0 radical (unpaired) electrons. The predicted octanol–water partition coefficient (Wildman–Crippen LogP) is 4.78. The van der Waals surface area contributed by atoms with Crippen molar-refractivity contribution >= 4 is 49.6 Å². The number of carbonyl (C=O) groups excluding carboxylic acids is 1. The standard InChI is InChI=1S/C30H37F2N5O4S/c1-35-11-4-21-18-22(19-26(27(21)35)37-14-9-30(31,32)10-15-37)28(39)33-24-3-2-23(34-42(40,41)17-16-38)20-25(24)36-12-7-29(5-6-29)8-13-36/h2-4,11,18-20,34,38H,5-10,12-17H2,1H3,(H,33,39). The zero-order chi connectivity index (χ0) is 29.7. The van der Waals surface area contributed by atoms with Gasteiger partial charge in [0.25, 0.3) is 11.8 Å². The first-order valence-corrected chi connectivity index (χ1v) is 16.2. The number of benzene rings is 2. The van der Waals surface area contributed by atoms with Crippen molar-refractivity contribution in [3.63, 3.8) is 0 Å². The maximum Gasteiger partial charge on any atom is 0.255 e. The summed E-state index contributed by atoms with van der Waals surface area (Å²) < 4.78 is 57.0. The van der Waals surface area contributed by atoms with Gasteiger partial charge in [0.2, 0.25) is 10.0 Å². The number of sulfonamides is 1.